The Labute approximate surface area is 118 Å². The molecular weight excluding hydrogens is 248 g/mol. The zero-order chi connectivity index (χ0) is 13.9. The van der Waals surface area contributed by atoms with Gasteiger partial charge in [-0.15, -0.1) is 0 Å². The van der Waals surface area contributed by atoms with Crippen molar-refractivity contribution in [2.75, 3.05) is 13.7 Å². The average molecular weight is 263 g/mol. The number of nitrogens with zero attached hydrogens (tertiary/aromatic N) is 2. The lowest BCUT2D eigenvalue weighted by molar-refractivity contribution is -0.436. The summed E-state index contributed by atoms with van der Waals surface area (Å²) in [5.74, 6) is 0.892. The molecule has 1 aliphatic heterocycles. The quantitative estimate of drug-likeness (QED) is 0.781. The third-order valence-electron chi connectivity index (χ3n) is 3.59. The summed E-state index contributed by atoms with van der Waals surface area (Å²) in [6.07, 6.45) is 3.08. The van der Waals surface area contributed by atoms with Gasteiger partial charge in [0, 0.05) is 18.6 Å². The molecule has 20 heavy (non-hydrogen) atoms. The van der Waals surface area contributed by atoms with Crippen molar-refractivity contribution in [2.24, 2.45) is 0 Å². The van der Waals surface area contributed by atoms with Crippen LogP contribution in [0.15, 0.2) is 42.5 Å². The van der Waals surface area contributed by atoms with Crippen LogP contribution in [0.1, 0.15) is 16.7 Å². The summed E-state index contributed by atoms with van der Waals surface area (Å²) in [5.41, 5.74) is 4.16. The minimum Gasteiger partial charge on any atom is -0.496 e. The van der Waals surface area contributed by atoms with E-state index in [1.165, 1.54) is 5.56 Å². The molecule has 0 unspecified atom stereocenters. The maximum absolute atomic E-state index is 9.00. The van der Waals surface area contributed by atoms with E-state index in [0.717, 1.165) is 30.0 Å². The summed E-state index contributed by atoms with van der Waals surface area (Å²) in [6.45, 7) is 0.912. The number of methoxy groups -OCH3 is 1. The maximum atomic E-state index is 9.00. The Hall–Kier alpha value is -2.60. The van der Waals surface area contributed by atoms with Gasteiger partial charge in [0.25, 0.3) is 0 Å². The van der Waals surface area contributed by atoms with Crippen LogP contribution in [0.5, 0.6) is 5.75 Å². The van der Waals surface area contributed by atoms with Gasteiger partial charge >= 0.3 is 0 Å². The molecule has 1 aliphatic rings. The number of nitriles is 1. The molecule has 2 aromatic carbocycles. The zero-order valence-corrected chi connectivity index (χ0v) is 11.3. The van der Waals surface area contributed by atoms with Crippen LogP contribution in [0.2, 0.25) is 0 Å². The first kappa shape index (κ1) is 12.4. The van der Waals surface area contributed by atoms with Crippen molar-refractivity contribution in [2.45, 2.75) is 6.42 Å². The minimum atomic E-state index is 0.682. The second kappa shape index (κ2) is 5.18. The molecule has 2 aromatic rings. The van der Waals surface area contributed by atoms with E-state index in [-0.39, 0.29) is 0 Å². The van der Waals surface area contributed by atoms with Crippen molar-refractivity contribution in [3.8, 4) is 11.8 Å². The van der Waals surface area contributed by atoms with Crippen molar-refractivity contribution < 1.29 is 9.31 Å². The number of rotatable bonds is 2. The molecule has 0 spiro atoms. The van der Waals surface area contributed by atoms with Crippen LogP contribution in [0.3, 0.4) is 0 Å². The van der Waals surface area contributed by atoms with E-state index in [1.807, 2.05) is 36.4 Å². The molecule has 3 rings (SSSR count). The summed E-state index contributed by atoms with van der Waals surface area (Å²) < 4.78 is 7.60. The van der Waals surface area contributed by atoms with Gasteiger partial charge in [-0.1, -0.05) is 18.2 Å². The molecule has 0 saturated carbocycles. The van der Waals surface area contributed by atoms with E-state index in [2.05, 4.69) is 22.9 Å². The maximum Gasteiger partial charge on any atom is 0.206 e. The van der Waals surface area contributed by atoms with Crippen LogP contribution >= 0.6 is 0 Å². The molecule has 0 aliphatic carbocycles. The minimum absolute atomic E-state index is 0.682. The number of ether oxygens (including phenoxy) is 1. The zero-order valence-electron chi connectivity index (χ0n) is 11.3. The summed E-state index contributed by atoms with van der Waals surface area (Å²) in [7, 11) is 1.69. The molecule has 3 nitrogen and oxygen atoms in total. The van der Waals surface area contributed by atoms with Gasteiger partial charge in [-0.3, -0.25) is 0 Å². The van der Waals surface area contributed by atoms with Crippen molar-refractivity contribution in [3.63, 3.8) is 0 Å². The molecule has 98 valence electrons. The Balaban J connectivity index is 2.08. The summed E-state index contributed by atoms with van der Waals surface area (Å²) >= 11 is 0. The van der Waals surface area contributed by atoms with E-state index in [4.69, 9.17) is 10.00 Å². The Morgan fingerprint density at radius 3 is 2.85 bits per heavy atom. The number of hydrogen-bond donors (Lipinski definition) is 0. The molecule has 0 amide bonds. The smallest absolute Gasteiger partial charge is 0.206 e. The highest BCUT2D eigenvalue weighted by atomic mass is 16.5. The van der Waals surface area contributed by atoms with Crippen molar-refractivity contribution in [1.29, 1.82) is 5.26 Å². The fourth-order valence-electron chi connectivity index (χ4n) is 2.55. The third kappa shape index (κ3) is 2.17. The highest BCUT2D eigenvalue weighted by Crippen LogP contribution is 2.25. The van der Waals surface area contributed by atoms with E-state index in [1.54, 1.807) is 7.11 Å². The first-order valence-electron chi connectivity index (χ1n) is 6.59. The van der Waals surface area contributed by atoms with E-state index in [0.29, 0.717) is 5.56 Å². The molecule has 1 heterocycles. The van der Waals surface area contributed by atoms with Gasteiger partial charge in [-0.2, -0.15) is 9.84 Å². The predicted molar refractivity (Wildman–Crippen MR) is 77.8 cm³/mol. The topological polar surface area (TPSA) is 36.0 Å². The van der Waals surface area contributed by atoms with Crippen molar-refractivity contribution in [1.82, 2.24) is 0 Å². The van der Waals surface area contributed by atoms with Gasteiger partial charge in [0.15, 0.2) is 12.8 Å². The van der Waals surface area contributed by atoms with Gasteiger partial charge in [-0.25, -0.2) is 0 Å². The average Bonchev–Trinajstić information content (AvgIpc) is 2.53. The van der Waals surface area contributed by atoms with Crippen LogP contribution < -0.4 is 4.74 Å². The first-order chi connectivity index (χ1) is 9.81. The summed E-state index contributed by atoms with van der Waals surface area (Å²) in [4.78, 5) is 0. The fraction of sp³-hybridized carbons (Fsp3) is 0.176. The number of hydrogen-bond acceptors (Lipinski definition) is 2. The Kier molecular flexibility index (Phi) is 3.22. The molecule has 0 fully saturated rings. The van der Waals surface area contributed by atoms with Crippen LogP contribution in [-0.4, -0.2) is 24.4 Å². The molecule has 0 atom stereocenters. The summed E-state index contributed by atoms with van der Waals surface area (Å²) in [6, 6.07) is 16.0. The molecule has 0 N–H and O–H groups in total. The first-order valence-corrected chi connectivity index (χ1v) is 6.59. The second-order valence-electron chi connectivity index (χ2n) is 4.77. The lowest BCUT2D eigenvalue weighted by Gasteiger charge is -2.14. The van der Waals surface area contributed by atoms with Crippen LogP contribution in [-0.2, 0) is 6.42 Å². The third-order valence-corrected chi connectivity index (χ3v) is 3.59. The molecule has 3 heteroatoms. The number of benzene rings is 2. The largest absolute Gasteiger partial charge is 0.496 e. The van der Waals surface area contributed by atoms with Gasteiger partial charge in [0.2, 0.25) is 5.69 Å². The van der Waals surface area contributed by atoms with Gasteiger partial charge in [0.1, 0.15) is 5.75 Å². The van der Waals surface area contributed by atoms with Crippen LogP contribution in [0.25, 0.3) is 0 Å². The molecule has 0 aromatic heterocycles. The molecule has 0 radical (unpaired) electrons. The highest BCUT2D eigenvalue weighted by molar-refractivity contribution is 5.83. The SMILES string of the molecule is COc1cccc2c1C=[N+](c1cccc(C#N)c1)CC2. The van der Waals surface area contributed by atoms with Crippen molar-refractivity contribution in [3.05, 3.63) is 59.2 Å². The van der Waals surface area contributed by atoms with E-state index >= 15 is 0 Å². The normalized spacial score (nSPS) is 13.1. The Morgan fingerprint density at radius 1 is 1.20 bits per heavy atom. The van der Waals surface area contributed by atoms with E-state index in [9.17, 15) is 0 Å². The van der Waals surface area contributed by atoms with Crippen molar-refractivity contribution >= 4 is 11.9 Å². The molecule has 0 saturated heterocycles. The Morgan fingerprint density at radius 2 is 2.05 bits per heavy atom. The molecular formula is C17H15N2O+. The van der Waals surface area contributed by atoms with Gasteiger partial charge < -0.3 is 4.74 Å². The van der Waals surface area contributed by atoms with Gasteiger partial charge in [0.05, 0.1) is 24.3 Å². The fourth-order valence-corrected chi connectivity index (χ4v) is 2.55. The summed E-state index contributed by atoms with van der Waals surface area (Å²) in [5, 5.41) is 9.00. The Bertz CT molecular complexity index is 726. The number of fused-ring (bicyclic) bond motifs is 1. The van der Waals surface area contributed by atoms with Gasteiger partial charge in [-0.05, 0) is 17.7 Å². The van der Waals surface area contributed by atoms with Crippen LogP contribution in [0, 0.1) is 11.3 Å². The predicted octanol–water partition coefficient (Wildman–Crippen LogP) is 2.89. The van der Waals surface area contributed by atoms with E-state index < -0.39 is 0 Å². The monoisotopic (exact) mass is 263 g/mol. The lowest BCUT2D eigenvalue weighted by Crippen LogP contribution is -2.19. The van der Waals surface area contributed by atoms with Crippen LogP contribution in [0.4, 0.5) is 5.69 Å². The lowest BCUT2D eigenvalue weighted by atomic mass is 10.0. The highest BCUT2D eigenvalue weighted by Gasteiger charge is 2.20. The molecule has 0 bridgehead atoms. The second-order valence-corrected chi connectivity index (χ2v) is 4.77. The standard InChI is InChI=1S/C17H15N2O/c1-20-17-7-3-5-14-8-9-19(12-16(14)17)15-6-2-4-13(10-15)11-18/h2-7,10,12H,8-9H2,1H3/q+1.